The van der Waals surface area contributed by atoms with Crippen molar-refractivity contribution in [3.05, 3.63) is 28.3 Å². The Morgan fingerprint density at radius 3 is 2.74 bits per heavy atom. The number of benzene rings is 1. The number of nitro benzene ring substituents is 1. The summed E-state index contributed by atoms with van der Waals surface area (Å²) in [6.45, 7) is 2.82. The SMILES string of the molecule is CCC(=O)N1CCC(Nc2cccc(S(C)(=O)=O)c2[N+](=O)[O-])C1. The summed E-state index contributed by atoms with van der Waals surface area (Å²) in [5, 5.41) is 14.3. The first-order chi connectivity index (χ1) is 10.7. The molecule has 0 saturated carbocycles. The van der Waals surface area contributed by atoms with E-state index in [-0.39, 0.29) is 22.5 Å². The van der Waals surface area contributed by atoms with Crippen molar-refractivity contribution < 1.29 is 18.1 Å². The van der Waals surface area contributed by atoms with E-state index in [4.69, 9.17) is 0 Å². The maximum Gasteiger partial charge on any atom is 0.310 e. The van der Waals surface area contributed by atoms with E-state index in [9.17, 15) is 23.3 Å². The van der Waals surface area contributed by atoms with Crippen LogP contribution in [0, 0.1) is 10.1 Å². The number of likely N-dealkylation sites (tertiary alicyclic amines) is 1. The van der Waals surface area contributed by atoms with E-state index in [1.807, 2.05) is 0 Å². The first kappa shape index (κ1) is 17.2. The van der Waals surface area contributed by atoms with Crippen LogP contribution < -0.4 is 5.32 Å². The predicted molar refractivity (Wildman–Crippen MR) is 85.1 cm³/mol. The van der Waals surface area contributed by atoms with Gasteiger partial charge in [0.15, 0.2) is 9.84 Å². The van der Waals surface area contributed by atoms with Gasteiger partial charge in [0.1, 0.15) is 10.6 Å². The Balaban J connectivity index is 2.28. The number of rotatable bonds is 5. The van der Waals surface area contributed by atoms with E-state index in [0.717, 1.165) is 6.26 Å². The number of hydrogen-bond donors (Lipinski definition) is 1. The molecule has 0 aliphatic carbocycles. The highest BCUT2D eigenvalue weighted by Crippen LogP contribution is 2.33. The molecule has 0 radical (unpaired) electrons. The monoisotopic (exact) mass is 341 g/mol. The van der Waals surface area contributed by atoms with Crippen LogP contribution in [0.2, 0.25) is 0 Å². The van der Waals surface area contributed by atoms with Crippen LogP contribution in [-0.4, -0.2) is 49.5 Å². The maximum absolute atomic E-state index is 11.7. The molecule has 1 fully saturated rings. The first-order valence-corrected chi connectivity index (χ1v) is 9.15. The van der Waals surface area contributed by atoms with Crippen molar-refractivity contribution in [1.29, 1.82) is 0 Å². The van der Waals surface area contributed by atoms with Crippen molar-refractivity contribution >= 4 is 27.1 Å². The standard InChI is InChI=1S/C14H19N3O5S/c1-3-13(18)16-8-7-10(9-16)15-11-5-4-6-12(23(2,21)22)14(11)17(19)20/h4-6,10,15H,3,7-9H2,1-2H3. The molecule has 1 unspecified atom stereocenters. The van der Waals surface area contributed by atoms with Gasteiger partial charge in [0, 0.05) is 31.8 Å². The average Bonchev–Trinajstić information content (AvgIpc) is 2.93. The molecule has 1 saturated heterocycles. The van der Waals surface area contributed by atoms with Crippen molar-refractivity contribution in [3.8, 4) is 0 Å². The zero-order chi connectivity index (χ0) is 17.2. The molecule has 1 amide bonds. The topological polar surface area (TPSA) is 110 Å². The lowest BCUT2D eigenvalue weighted by atomic mass is 10.2. The van der Waals surface area contributed by atoms with Gasteiger partial charge in [0.05, 0.1) is 4.92 Å². The van der Waals surface area contributed by atoms with Gasteiger partial charge in [-0.15, -0.1) is 0 Å². The normalized spacial score (nSPS) is 18.0. The molecule has 1 aromatic rings. The van der Waals surface area contributed by atoms with Crippen LogP contribution in [-0.2, 0) is 14.6 Å². The van der Waals surface area contributed by atoms with Gasteiger partial charge in [-0.1, -0.05) is 13.0 Å². The minimum atomic E-state index is -3.71. The Morgan fingerprint density at radius 1 is 1.48 bits per heavy atom. The number of nitrogens with one attached hydrogen (secondary N) is 1. The van der Waals surface area contributed by atoms with Gasteiger partial charge in [0.25, 0.3) is 0 Å². The molecule has 1 aliphatic heterocycles. The van der Waals surface area contributed by atoms with E-state index < -0.39 is 20.4 Å². The van der Waals surface area contributed by atoms with Crippen LogP contribution >= 0.6 is 0 Å². The minimum Gasteiger partial charge on any atom is -0.375 e. The highest BCUT2D eigenvalue weighted by atomic mass is 32.2. The second kappa shape index (κ2) is 6.53. The number of nitrogens with zero attached hydrogens (tertiary/aromatic N) is 2. The van der Waals surface area contributed by atoms with E-state index in [0.29, 0.717) is 25.9 Å². The molecule has 1 heterocycles. The molecule has 1 N–H and O–H groups in total. The van der Waals surface area contributed by atoms with Crippen LogP contribution in [0.1, 0.15) is 19.8 Å². The van der Waals surface area contributed by atoms with Gasteiger partial charge in [-0.2, -0.15) is 0 Å². The van der Waals surface area contributed by atoms with Crippen LogP contribution in [0.5, 0.6) is 0 Å². The Labute approximate surface area is 134 Å². The quantitative estimate of drug-likeness (QED) is 0.641. The third-order valence-electron chi connectivity index (χ3n) is 3.78. The molecule has 0 spiro atoms. The number of anilines is 1. The van der Waals surface area contributed by atoms with Crippen LogP contribution in [0.25, 0.3) is 0 Å². The average molecular weight is 341 g/mol. The highest BCUT2D eigenvalue weighted by Gasteiger charge is 2.30. The van der Waals surface area contributed by atoms with Crippen molar-refractivity contribution in [2.75, 3.05) is 24.7 Å². The molecular formula is C14H19N3O5S. The molecule has 9 heteroatoms. The summed E-state index contributed by atoms with van der Waals surface area (Å²) in [5.41, 5.74) is -0.288. The zero-order valence-electron chi connectivity index (χ0n) is 13.0. The van der Waals surface area contributed by atoms with Gasteiger partial charge in [-0.3, -0.25) is 14.9 Å². The summed E-state index contributed by atoms with van der Waals surface area (Å²) in [6.07, 6.45) is 2.01. The van der Waals surface area contributed by atoms with Gasteiger partial charge < -0.3 is 10.2 Å². The molecule has 1 aromatic carbocycles. The largest absolute Gasteiger partial charge is 0.375 e. The molecule has 0 aromatic heterocycles. The predicted octanol–water partition coefficient (Wildman–Crippen LogP) is 1.42. The fourth-order valence-corrected chi connectivity index (χ4v) is 3.54. The Hall–Kier alpha value is -2.16. The summed E-state index contributed by atoms with van der Waals surface area (Å²) in [7, 11) is -3.71. The minimum absolute atomic E-state index is 0.0358. The number of hydrogen-bond acceptors (Lipinski definition) is 6. The smallest absolute Gasteiger partial charge is 0.310 e. The van der Waals surface area contributed by atoms with E-state index in [1.165, 1.54) is 18.2 Å². The summed E-state index contributed by atoms with van der Waals surface area (Å²) in [6, 6.07) is 4.03. The third kappa shape index (κ3) is 3.79. The number of amides is 1. The molecule has 23 heavy (non-hydrogen) atoms. The zero-order valence-corrected chi connectivity index (χ0v) is 13.8. The van der Waals surface area contributed by atoms with Gasteiger partial charge in [-0.05, 0) is 18.6 Å². The molecule has 1 aliphatic rings. The fourth-order valence-electron chi connectivity index (χ4n) is 2.67. The number of para-hydroxylation sites is 1. The third-order valence-corrected chi connectivity index (χ3v) is 4.91. The molecule has 126 valence electrons. The Bertz CT molecular complexity index is 732. The van der Waals surface area contributed by atoms with Crippen molar-refractivity contribution in [2.24, 2.45) is 0 Å². The second-order valence-corrected chi connectivity index (χ2v) is 7.49. The molecule has 2 rings (SSSR count). The molecular weight excluding hydrogens is 322 g/mol. The van der Waals surface area contributed by atoms with E-state index in [2.05, 4.69) is 5.32 Å². The number of sulfone groups is 1. The number of carbonyl (C=O) groups excluding carboxylic acids is 1. The summed E-state index contributed by atoms with van der Waals surface area (Å²) < 4.78 is 23.5. The Morgan fingerprint density at radius 2 is 2.17 bits per heavy atom. The molecule has 1 atom stereocenters. The molecule has 0 bridgehead atoms. The fraction of sp³-hybridized carbons (Fsp3) is 0.500. The van der Waals surface area contributed by atoms with Crippen molar-refractivity contribution in [3.63, 3.8) is 0 Å². The lowest BCUT2D eigenvalue weighted by molar-refractivity contribution is -0.386. The lowest BCUT2D eigenvalue weighted by Crippen LogP contribution is -2.31. The summed E-state index contributed by atoms with van der Waals surface area (Å²) >= 11 is 0. The summed E-state index contributed by atoms with van der Waals surface area (Å²) in [4.78, 5) is 23.7. The van der Waals surface area contributed by atoms with Gasteiger partial charge >= 0.3 is 5.69 Å². The lowest BCUT2D eigenvalue weighted by Gasteiger charge is -2.17. The van der Waals surface area contributed by atoms with E-state index >= 15 is 0 Å². The van der Waals surface area contributed by atoms with Gasteiger partial charge in [-0.25, -0.2) is 8.42 Å². The first-order valence-electron chi connectivity index (χ1n) is 7.25. The highest BCUT2D eigenvalue weighted by molar-refractivity contribution is 7.90. The molecule has 8 nitrogen and oxygen atoms in total. The van der Waals surface area contributed by atoms with Crippen LogP contribution in [0.4, 0.5) is 11.4 Å². The van der Waals surface area contributed by atoms with Crippen molar-refractivity contribution in [1.82, 2.24) is 4.90 Å². The van der Waals surface area contributed by atoms with Gasteiger partial charge in [0.2, 0.25) is 5.91 Å². The van der Waals surface area contributed by atoms with Crippen LogP contribution in [0.15, 0.2) is 23.1 Å². The van der Waals surface area contributed by atoms with Crippen molar-refractivity contribution in [2.45, 2.75) is 30.7 Å². The maximum atomic E-state index is 11.7. The van der Waals surface area contributed by atoms with Crippen LogP contribution in [0.3, 0.4) is 0 Å². The Kier molecular flexibility index (Phi) is 4.88. The second-order valence-electron chi connectivity index (χ2n) is 5.50. The number of nitro groups is 1. The summed E-state index contributed by atoms with van der Waals surface area (Å²) in [5.74, 6) is 0.0358. The number of carbonyl (C=O) groups is 1. The van der Waals surface area contributed by atoms with E-state index in [1.54, 1.807) is 11.8 Å².